The second kappa shape index (κ2) is 6.06. The zero-order chi connectivity index (χ0) is 13.8. The van der Waals surface area contributed by atoms with Crippen molar-refractivity contribution in [2.45, 2.75) is 32.4 Å². The quantitative estimate of drug-likeness (QED) is 0.818. The number of fused-ring (bicyclic) bond motifs is 1. The molecule has 0 amide bonds. The monoisotopic (exact) mass is 267 g/mol. The predicted octanol–water partition coefficient (Wildman–Crippen LogP) is 2.77. The number of nitrogens with one attached hydrogen (secondary N) is 2. The number of pyridine rings is 1. The molecule has 3 heteroatoms. The lowest BCUT2D eigenvalue weighted by Gasteiger charge is -2.06. The summed E-state index contributed by atoms with van der Waals surface area (Å²) in [4.78, 5) is 4.31. The van der Waals surface area contributed by atoms with Crippen LogP contribution in [0.15, 0.2) is 42.6 Å². The number of benzene rings is 1. The van der Waals surface area contributed by atoms with Gasteiger partial charge in [0.1, 0.15) is 0 Å². The molecule has 20 heavy (non-hydrogen) atoms. The SMILES string of the molecule is CC1Cc2cc(CCNCc3ccccn3)ccc2N1. The number of hydrogen-bond acceptors (Lipinski definition) is 3. The smallest absolute Gasteiger partial charge is 0.0541 e. The van der Waals surface area contributed by atoms with Crippen molar-refractivity contribution in [1.29, 1.82) is 0 Å². The zero-order valence-electron chi connectivity index (χ0n) is 11.9. The molecule has 0 fully saturated rings. The van der Waals surface area contributed by atoms with Gasteiger partial charge in [-0.1, -0.05) is 18.2 Å². The highest BCUT2D eigenvalue weighted by atomic mass is 14.9. The molecule has 1 atom stereocenters. The summed E-state index contributed by atoms with van der Waals surface area (Å²) >= 11 is 0. The molecule has 1 aliphatic heterocycles. The topological polar surface area (TPSA) is 37.0 Å². The largest absolute Gasteiger partial charge is 0.382 e. The number of rotatable bonds is 5. The van der Waals surface area contributed by atoms with E-state index in [9.17, 15) is 0 Å². The first-order valence-electron chi connectivity index (χ1n) is 7.30. The molecule has 0 aliphatic carbocycles. The Labute approximate surface area is 120 Å². The van der Waals surface area contributed by atoms with Gasteiger partial charge in [0.2, 0.25) is 0 Å². The lowest BCUT2D eigenvalue weighted by Crippen LogP contribution is -2.17. The summed E-state index contributed by atoms with van der Waals surface area (Å²) in [5.41, 5.74) is 5.27. The van der Waals surface area contributed by atoms with Crippen molar-refractivity contribution in [3.05, 3.63) is 59.4 Å². The van der Waals surface area contributed by atoms with Crippen molar-refractivity contribution in [1.82, 2.24) is 10.3 Å². The minimum absolute atomic E-state index is 0.572. The Morgan fingerprint density at radius 3 is 3.10 bits per heavy atom. The molecular formula is C17H21N3. The summed E-state index contributed by atoms with van der Waals surface area (Å²) in [5.74, 6) is 0. The van der Waals surface area contributed by atoms with Crippen molar-refractivity contribution in [2.24, 2.45) is 0 Å². The van der Waals surface area contributed by atoms with E-state index in [1.165, 1.54) is 16.8 Å². The number of hydrogen-bond donors (Lipinski definition) is 2. The van der Waals surface area contributed by atoms with Crippen LogP contribution < -0.4 is 10.6 Å². The van der Waals surface area contributed by atoms with Crippen LogP contribution in [0, 0.1) is 0 Å². The summed E-state index contributed by atoms with van der Waals surface area (Å²) in [6.07, 6.45) is 4.05. The van der Waals surface area contributed by atoms with Crippen LogP contribution >= 0.6 is 0 Å². The normalized spacial score (nSPS) is 16.8. The molecule has 104 valence electrons. The van der Waals surface area contributed by atoms with E-state index < -0.39 is 0 Å². The molecular weight excluding hydrogens is 246 g/mol. The van der Waals surface area contributed by atoms with Gasteiger partial charge in [-0.2, -0.15) is 0 Å². The summed E-state index contributed by atoms with van der Waals surface area (Å²) in [5, 5.41) is 6.94. The van der Waals surface area contributed by atoms with E-state index in [4.69, 9.17) is 0 Å². The summed E-state index contributed by atoms with van der Waals surface area (Å²) in [6, 6.07) is 13.4. The zero-order valence-corrected chi connectivity index (χ0v) is 11.9. The first-order valence-corrected chi connectivity index (χ1v) is 7.30. The highest BCUT2D eigenvalue weighted by molar-refractivity contribution is 5.57. The van der Waals surface area contributed by atoms with E-state index in [0.717, 1.165) is 31.6 Å². The third-order valence-corrected chi connectivity index (χ3v) is 3.72. The average Bonchev–Trinajstić information content (AvgIpc) is 2.84. The van der Waals surface area contributed by atoms with Crippen LogP contribution in [-0.4, -0.2) is 17.6 Å². The lowest BCUT2D eigenvalue weighted by molar-refractivity contribution is 0.674. The Bertz CT molecular complexity index is 566. The van der Waals surface area contributed by atoms with Gasteiger partial charge in [0.15, 0.2) is 0 Å². The molecule has 0 spiro atoms. The fraction of sp³-hybridized carbons (Fsp3) is 0.353. The molecule has 3 nitrogen and oxygen atoms in total. The van der Waals surface area contributed by atoms with Crippen LogP contribution in [0.2, 0.25) is 0 Å². The minimum Gasteiger partial charge on any atom is -0.382 e. The molecule has 1 aromatic carbocycles. The highest BCUT2D eigenvalue weighted by Gasteiger charge is 2.16. The molecule has 1 unspecified atom stereocenters. The van der Waals surface area contributed by atoms with E-state index in [0.29, 0.717) is 6.04 Å². The van der Waals surface area contributed by atoms with E-state index >= 15 is 0 Å². The highest BCUT2D eigenvalue weighted by Crippen LogP contribution is 2.26. The van der Waals surface area contributed by atoms with Crippen molar-refractivity contribution in [2.75, 3.05) is 11.9 Å². The third kappa shape index (κ3) is 3.17. The molecule has 0 radical (unpaired) electrons. The first-order chi connectivity index (χ1) is 9.81. The maximum absolute atomic E-state index is 4.31. The standard InChI is InChI=1S/C17H21N3/c1-13-10-15-11-14(5-6-17(15)20-13)7-9-18-12-16-4-2-3-8-19-16/h2-6,8,11,13,18,20H,7,9-10,12H2,1H3. The Morgan fingerprint density at radius 1 is 1.30 bits per heavy atom. The average molecular weight is 267 g/mol. The van der Waals surface area contributed by atoms with Crippen molar-refractivity contribution in [3.63, 3.8) is 0 Å². The Balaban J connectivity index is 1.49. The summed E-state index contributed by atoms with van der Waals surface area (Å²) in [6.45, 7) is 4.05. The van der Waals surface area contributed by atoms with Gasteiger partial charge in [0, 0.05) is 24.5 Å². The van der Waals surface area contributed by atoms with Crippen LogP contribution in [0.1, 0.15) is 23.7 Å². The Kier molecular flexibility index (Phi) is 3.97. The summed E-state index contributed by atoms with van der Waals surface area (Å²) in [7, 11) is 0. The molecule has 1 aliphatic rings. The molecule has 1 aromatic heterocycles. The Morgan fingerprint density at radius 2 is 2.25 bits per heavy atom. The van der Waals surface area contributed by atoms with E-state index in [2.05, 4.69) is 46.8 Å². The van der Waals surface area contributed by atoms with Crippen LogP contribution in [0.25, 0.3) is 0 Å². The maximum atomic E-state index is 4.31. The summed E-state index contributed by atoms with van der Waals surface area (Å²) < 4.78 is 0. The van der Waals surface area contributed by atoms with Crippen LogP contribution in [0.3, 0.4) is 0 Å². The van der Waals surface area contributed by atoms with Gasteiger partial charge >= 0.3 is 0 Å². The second-order valence-electron chi connectivity index (χ2n) is 5.49. The second-order valence-corrected chi connectivity index (χ2v) is 5.49. The van der Waals surface area contributed by atoms with Crippen LogP contribution in [-0.2, 0) is 19.4 Å². The van der Waals surface area contributed by atoms with Gasteiger partial charge in [0.05, 0.1) is 5.69 Å². The molecule has 2 N–H and O–H groups in total. The van der Waals surface area contributed by atoms with Crippen molar-refractivity contribution in [3.8, 4) is 0 Å². The third-order valence-electron chi connectivity index (χ3n) is 3.72. The molecule has 0 saturated heterocycles. The van der Waals surface area contributed by atoms with Crippen molar-refractivity contribution < 1.29 is 0 Å². The minimum atomic E-state index is 0.572. The lowest BCUT2D eigenvalue weighted by atomic mass is 10.0. The fourth-order valence-electron chi connectivity index (χ4n) is 2.71. The first kappa shape index (κ1) is 13.1. The van der Waals surface area contributed by atoms with Crippen molar-refractivity contribution >= 4 is 5.69 Å². The fourth-order valence-corrected chi connectivity index (χ4v) is 2.71. The van der Waals surface area contributed by atoms with Gasteiger partial charge < -0.3 is 10.6 Å². The van der Waals surface area contributed by atoms with Gasteiger partial charge in [0.25, 0.3) is 0 Å². The molecule has 0 saturated carbocycles. The molecule has 2 heterocycles. The Hall–Kier alpha value is -1.87. The molecule has 3 rings (SSSR count). The number of nitrogens with zero attached hydrogens (tertiary/aromatic N) is 1. The maximum Gasteiger partial charge on any atom is 0.0541 e. The van der Waals surface area contributed by atoms with E-state index in [-0.39, 0.29) is 0 Å². The van der Waals surface area contributed by atoms with E-state index in [1.54, 1.807) is 0 Å². The van der Waals surface area contributed by atoms with Crippen LogP contribution in [0.4, 0.5) is 5.69 Å². The van der Waals surface area contributed by atoms with Gasteiger partial charge in [-0.3, -0.25) is 4.98 Å². The predicted molar refractivity (Wildman–Crippen MR) is 82.9 cm³/mol. The molecule has 0 bridgehead atoms. The van der Waals surface area contributed by atoms with Gasteiger partial charge in [-0.05, 0) is 55.6 Å². The van der Waals surface area contributed by atoms with Gasteiger partial charge in [-0.25, -0.2) is 0 Å². The number of anilines is 1. The van der Waals surface area contributed by atoms with Gasteiger partial charge in [-0.15, -0.1) is 0 Å². The van der Waals surface area contributed by atoms with Crippen LogP contribution in [0.5, 0.6) is 0 Å². The molecule has 2 aromatic rings. The number of aromatic nitrogens is 1. The van der Waals surface area contributed by atoms with E-state index in [1.807, 2.05) is 18.3 Å².